The lowest BCUT2D eigenvalue weighted by Crippen LogP contribution is -2.46. The molecule has 2 aromatic rings. The van der Waals surface area contributed by atoms with E-state index in [0.717, 1.165) is 18.9 Å². The quantitative estimate of drug-likeness (QED) is 0.362. The number of hydrogen-bond donors (Lipinski definition) is 6. The van der Waals surface area contributed by atoms with Crippen LogP contribution in [0.3, 0.4) is 0 Å². The Labute approximate surface area is 193 Å². The first-order valence-corrected chi connectivity index (χ1v) is 10.9. The summed E-state index contributed by atoms with van der Waals surface area (Å²) in [5, 5.41) is 15.5. The first-order valence-electron chi connectivity index (χ1n) is 10.9. The monoisotopic (exact) mass is 480 g/mol. The van der Waals surface area contributed by atoms with Gasteiger partial charge in [-0.15, -0.1) is 0 Å². The van der Waals surface area contributed by atoms with Gasteiger partial charge in [0.05, 0.1) is 17.5 Å². The van der Waals surface area contributed by atoms with Crippen molar-refractivity contribution >= 4 is 29.4 Å². The molecule has 0 aromatic carbocycles. The van der Waals surface area contributed by atoms with Gasteiger partial charge in [0.25, 0.3) is 5.91 Å². The van der Waals surface area contributed by atoms with Crippen molar-refractivity contribution in [3.8, 4) is 11.3 Å². The maximum Gasteiger partial charge on any atom is 0.414 e. The number of fused-ring (bicyclic) bond motifs is 1. The molecule has 0 bridgehead atoms. The second-order valence-corrected chi connectivity index (χ2v) is 8.41. The molecule has 0 spiro atoms. The zero-order valence-corrected chi connectivity index (χ0v) is 18.3. The molecule has 1 atom stereocenters. The number of aromatic nitrogens is 3. The van der Waals surface area contributed by atoms with Gasteiger partial charge in [0.2, 0.25) is 5.95 Å². The van der Waals surface area contributed by atoms with E-state index in [1.807, 2.05) is 0 Å². The van der Waals surface area contributed by atoms with Crippen molar-refractivity contribution in [1.29, 1.82) is 0 Å². The molecule has 1 amide bonds. The van der Waals surface area contributed by atoms with E-state index in [1.165, 1.54) is 6.20 Å². The molecule has 0 radical (unpaired) electrons. The third-order valence-corrected chi connectivity index (χ3v) is 6.11. The molecule has 1 saturated heterocycles. The number of nitrogen functional groups attached to an aromatic ring is 1. The van der Waals surface area contributed by atoms with Gasteiger partial charge < -0.3 is 37.1 Å². The number of hydrogen-bond acceptors (Lipinski definition) is 8. The van der Waals surface area contributed by atoms with Crippen LogP contribution in [0.25, 0.3) is 17.3 Å². The number of piperidine rings is 1. The minimum Gasteiger partial charge on any atom is -0.396 e. The highest BCUT2D eigenvalue weighted by atomic mass is 19.4. The van der Waals surface area contributed by atoms with Crippen molar-refractivity contribution < 1.29 is 23.1 Å². The van der Waals surface area contributed by atoms with E-state index in [0.29, 0.717) is 48.2 Å². The van der Waals surface area contributed by atoms with Gasteiger partial charge >= 0.3 is 6.18 Å². The van der Waals surface area contributed by atoms with E-state index < -0.39 is 17.9 Å². The van der Waals surface area contributed by atoms with Crippen LogP contribution < -0.4 is 22.1 Å². The summed E-state index contributed by atoms with van der Waals surface area (Å²) in [7, 11) is 0. The van der Waals surface area contributed by atoms with Crippen LogP contribution in [0, 0.1) is 5.92 Å². The van der Waals surface area contributed by atoms with Crippen LogP contribution in [0.2, 0.25) is 0 Å². The Bertz CT molecular complexity index is 1080. The molecule has 1 fully saturated rings. The van der Waals surface area contributed by atoms with Gasteiger partial charge in [-0.25, -0.2) is 9.97 Å². The Morgan fingerprint density at radius 3 is 2.76 bits per heavy atom. The molecule has 13 heteroatoms. The third-order valence-electron chi connectivity index (χ3n) is 6.11. The predicted molar refractivity (Wildman–Crippen MR) is 122 cm³/mol. The summed E-state index contributed by atoms with van der Waals surface area (Å²) < 4.78 is 39.6. The number of nitrogens with zero attached hydrogens (tertiary/aromatic N) is 3. The van der Waals surface area contributed by atoms with Crippen molar-refractivity contribution in [3.63, 3.8) is 0 Å². The average Bonchev–Trinajstić information content (AvgIpc) is 3.25. The number of nitrogens with two attached hydrogens (primary N) is 2. The number of carbonyl (C=O) groups is 1. The Hall–Kier alpha value is -3.32. The minimum atomic E-state index is -4.44. The first kappa shape index (κ1) is 23.8. The average molecular weight is 480 g/mol. The lowest BCUT2D eigenvalue weighted by atomic mass is 9.96. The SMILES string of the molecule is NCC(O)C(=O)N1CCC(CNc2ncc(N)c(-c3c[nH]c4c3C=C(C(F)(F)F)CN4)n2)CC1. The Balaban J connectivity index is 1.44. The number of aromatic amines is 1. The second-order valence-electron chi connectivity index (χ2n) is 8.41. The standard InChI is InChI=1S/C21H27F3N8O2/c22-21(23,24)12-5-13-14(9-28-18(13)27-8-12)17-15(26)10-30-20(31-17)29-7-11-1-3-32(4-2-11)19(34)16(33)6-25/h5,9-11,16,27-28,33H,1-4,6-8,25-26H2,(H,29,30,31). The van der Waals surface area contributed by atoms with Crippen LogP contribution in [-0.4, -0.2) is 75.9 Å². The normalized spacial score (nSPS) is 17.6. The summed E-state index contributed by atoms with van der Waals surface area (Å²) in [4.78, 5) is 25.2. The molecular weight excluding hydrogens is 453 g/mol. The van der Waals surface area contributed by atoms with Gasteiger partial charge in [0, 0.05) is 50.0 Å². The molecule has 2 aliphatic heterocycles. The summed E-state index contributed by atoms with van der Waals surface area (Å²) in [5.74, 6) is 0.675. The molecule has 0 saturated carbocycles. The minimum absolute atomic E-state index is 0.106. The number of halogens is 3. The van der Waals surface area contributed by atoms with Crippen LogP contribution in [0.15, 0.2) is 18.0 Å². The number of nitrogens with one attached hydrogen (secondary N) is 3. The summed E-state index contributed by atoms with van der Waals surface area (Å²) in [6, 6.07) is 0. The zero-order chi connectivity index (χ0) is 24.5. The number of aliphatic hydroxyl groups is 1. The Morgan fingerprint density at radius 2 is 2.09 bits per heavy atom. The summed E-state index contributed by atoms with van der Waals surface area (Å²) in [6.45, 7) is 1.16. The molecule has 4 rings (SSSR count). The number of aliphatic hydroxyl groups excluding tert-OH is 1. The topological polar surface area (TPSA) is 158 Å². The fourth-order valence-electron chi connectivity index (χ4n) is 4.11. The smallest absolute Gasteiger partial charge is 0.396 e. The van der Waals surface area contributed by atoms with Crippen molar-refractivity contribution in [1.82, 2.24) is 19.9 Å². The molecule has 34 heavy (non-hydrogen) atoms. The van der Waals surface area contributed by atoms with E-state index in [2.05, 4.69) is 25.6 Å². The van der Waals surface area contributed by atoms with Crippen molar-refractivity contribution in [2.24, 2.45) is 11.7 Å². The van der Waals surface area contributed by atoms with E-state index in [4.69, 9.17) is 11.5 Å². The fourth-order valence-corrected chi connectivity index (χ4v) is 4.11. The van der Waals surface area contributed by atoms with Gasteiger partial charge in [-0.3, -0.25) is 4.79 Å². The molecule has 2 aliphatic rings. The maximum absolute atomic E-state index is 13.2. The molecule has 8 N–H and O–H groups in total. The van der Waals surface area contributed by atoms with E-state index in [1.54, 1.807) is 11.1 Å². The number of likely N-dealkylation sites (tertiary alicyclic amines) is 1. The van der Waals surface area contributed by atoms with Gasteiger partial charge in [0.15, 0.2) is 0 Å². The highest BCUT2D eigenvalue weighted by molar-refractivity contribution is 5.87. The number of alkyl halides is 3. The number of anilines is 3. The second kappa shape index (κ2) is 9.50. The van der Waals surface area contributed by atoms with Crippen LogP contribution in [0.4, 0.5) is 30.6 Å². The largest absolute Gasteiger partial charge is 0.414 e. The maximum atomic E-state index is 13.2. The van der Waals surface area contributed by atoms with Crippen LogP contribution in [0.1, 0.15) is 18.4 Å². The number of carbonyl (C=O) groups excluding carboxylic acids is 1. The summed E-state index contributed by atoms with van der Waals surface area (Å²) in [6.07, 6.45) is -0.0513. The number of amides is 1. The van der Waals surface area contributed by atoms with Gasteiger partial charge in [-0.1, -0.05) is 0 Å². The molecule has 184 valence electrons. The van der Waals surface area contributed by atoms with Gasteiger partial charge in [-0.05, 0) is 24.8 Å². The van der Waals surface area contributed by atoms with Crippen LogP contribution >= 0.6 is 0 Å². The number of rotatable bonds is 6. The lowest BCUT2D eigenvalue weighted by molar-refractivity contribution is -0.141. The number of H-pyrrole nitrogens is 1. The Morgan fingerprint density at radius 1 is 1.35 bits per heavy atom. The van der Waals surface area contributed by atoms with Crippen LogP contribution in [-0.2, 0) is 4.79 Å². The molecule has 0 aliphatic carbocycles. The highest BCUT2D eigenvalue weighted by Gasteiger charge is 2.36. The van der Waals surface area contributed by atoms with Crippen molar-refractivity contribution in [3.05, 3.63) is 23.5 Å². The van der Waals surface area contributed by atoms with Gasteiger partial charge in [0.1, 0.15) is 17.6 Å². The first-order chi connectivity index (χ1) is 16.2. The highest BCUT2D eigenvalue weighted by Crippen LogP contribution is 2.38. The molecule has 10 nitrogen and oxygen atoms in total. The van der Waals surface area contributed by atoms with Crippen molar-refractivity contribution in [2.45, 2.75) is 25.1 Å². The molecule has 2 aromatic heterocycles. The van der Waals surface area contributed by atoms with E-state index in [9.17, 15) is 23.1 Å². The predicted octanol–water partition coefficient (Wildman–Crippen LogP) is 1.40. The Kier molecular flexibility index (Phi) is 6.66. The summed E-state index contributed by atoms with van der Waals surface area (Å²) >= 11 is 0. The van der Waals surface area contributed by atoms with Crippen molar-refractivity contribution in [2.75, 3.05) is 49.1 Å². The van der Waals surface area contributed by atoms with Crippen LogP contribution in [0.5, 0.6) is 0 Å². The molecule has 4 heterocycles. The fraction of sp³-hybridized carbons (Fsp3) is 0.476. The van der Waals surface area contributed by atoms with E-state index >= 15 is 0 Å². The lowest BCUT2D eigenvalue weighted by Gasteiger charge is -2.33. The van der Waals surface area contributed by atoms with E-state index in [-0.39, 0.29) is 30.6 Å². The zero-order valence-electron chi connectivity index (χ0n) is 18.3. The summed E-state index contributed by atoms with van der Waals surface area (Å²) in [5.41, 5.74) is 12.1. The molecule has 1 unspecified atom stereocenters. The third kappa shape index (κ3) is 4.94. The van der Waals surface area contributed by atoms with Gasteiger partial charge in [-0.2, -0.15) is 13.2 Å². The molecular formula is C21H27F3N8O2.